The summed E-state index contributed by atoms with van der Waals surface area (Å²) in [5.74, 6) is -2.15. The molecule has 2 heterocycles. The number of aromatic nitrogens is 2. The predicted octanol–water partition coefficient (Wildman–Crippen LogP) is 4.42. The number of benzene rings is 3. The Kier molecular flexibility index (Phi) is 7.67. The lowest BCUT2D eigenvalue weighted by atomic mass is 9.92. The number of nitrogens with one attached hydrogen (secondary N) is 1. The second-order valence-electron chi connectivity index (χ2n) is 10.0. The summed E-state index contributed by atoms with van der Waals surface area (Å²) in [6.07, 6.45) is 2.73. The van der Waals surface area contributed by atoms with Crippen molar-refractivity contribution in [3.05, 3.63) is 103 Å². The number of aromatic amines is 1. The molecule has 5 rings (SSSR count). The van der Waals surface area contributed by atoms with Gasteiger partial charge in [0.05, 0.1) is 5.52 Å². The number of ether oxygens (including phenoxy) is 1. The topological polar surface area (TPSA) is 98.8 Å². The van der Waals surface area contributed by atoms with Gasteiger partial charge in [0, 0.05) is 54.4 Å². The van der Waals surface area contributed by atoms with Gasteiger partial charge in [0.25, 0.3) is 11.8 Å². The average Bonchev–Trinajstić information content (AvgIpc) is 3.35. The Balaban J connectivity index is 1.56. The van der Waals surface area contributed by atoms with Crippen molar-refractivity contribution in [2.45, 2.75) is 31.9 Å². The van der Waals surface area contributed by atoms with Crippen molar-refractivity contribution < 1.29 is 23.5 Å². The van der Waals surface area contributed by atoms with E-state index in [4.69, 9.17) is 4.74 Å². The van der Waals surface area contributed by atoms with Crippen molar-refractivity contribution in [1.82, 2.24) is 15.1 Å². The molecule has 1 unspecified atom stereocenters. The number of hydrogen-bond acceptors (Lipinski definition) is 5. The molecule has 1 N–H and O–H groups in total. The molecule has 1 atom stereocenters. The van der Waals surface area contributed by atoms with Crippen molar-refractivity contribution in [1.29, 1.82) is 0 Å². The SMILES string of the molecule is COC1(Cc2[nH]nc3ccccc23)C(=O)N(CC(=O)N(c2ccc(F)cc2)C(C)C)C=CN(c2ccccc2)C1=O. The minimum Gasteiger partial charge on any atom is -0.359 e. The van der Waals surface area contributed by atoms with Gasteiger partial charge in [-0.3, -0.25) is 24.4 Å². The molecule has 0 bridgehead atoms. The minimum absolute atomic E-state index is 0.150. The van der Waals surface area contributed by atoms with Crippen molar-refractivity contribution >= 4 is 40.0 Å². The van der Waals surface area contributed by atoms with Gasteiger partial charge < -0.3 is 14.5 Å². The summed E-state index contributed by atoms with van der Waals surface area (Å²) in [5.41, 5.74) is 0.218. The molecule has 1 aromatic heterocycles. The van der Waals surface area contributed by atoms with Gasteiger partial charge in [-0.1, -0.05) is 36.4 Å². The number of para-hydroxylation sites is 2. The van der Waals surface area contributed by atoms with E-state index in [-0.39, 0.29) is 19.0 Å². The Morgan fingerprint density at radius 3 is 2.34 bits per heavy atom. The zero-order valence-corrected chi connectivity index (χ0v) is 23.0. The highest BCUT2D eigenvalue weighted by atomic mass is 19.1. The summed E-state index contributed by atoms with van der Waals surface area (Å²) in [4.78, 5) is 46.2. The Morgan fingerprint density at radius 2 is 1.66 bits per heavy atom. The molecule has 210 valence electrons. The Hall–Kier alpha value is -4.83. The lowest BCUT2D eigenvalue weighted by Crippen LogP contribution is -2.59. The van der Waals surface area contributed by atoms with Gasteiger partial charge in [0.1, 0.15) is 12.4 Å². The molecular formula is C31H30FN5O4. The zero-order chi connectivity index (χ0) is 29.1. The first kappa shape index (κ1) is 27.7. The summed E-state index contributed by atoms with van der Waals surface area (Å²) in [6.45, 7) is 3.27. The molecule has 1 aliphatic rings. The van der Waals surface area contributed by atoms with Crippen LogP contribution in [-0.2, 0) is 25.5 Å². The van der Waals surface area contributed by atoms with Crippen LogP contribution in [0.2, 0.25) is 0 Å². The maximum Gasteiger partial charge on any atom is 0.273 e. The molecule has 4 aromatic rings. The number of rotatable bonds is 8. The molecule has 0 radical (unpaired) electrons. The number of carbonyl (C=O) groups excluding carboxylic acids is 3. The highest BCUT2D eigenvalue weighted by Gasteiger charge is 2.53. The van der Waals surface area contributed by atoms with Gasteiger partial charge in [-0.25, -0.2) is 4.39 Å². The molecule has 3 aromatic carbocycles. The van der Waals surface area contributed by atoms with E-state index in [2.05, 4.69) is 10.2 Å². The fourth-order valence-electron chi connectivity index (χ4n) is 5.07. The number of anilines is 2. The van der Waals surface area contributed by atoms with Crippen LogP contribution in [0.25, 0.3) is 10.9 Å². The third-order valence-electron chi connectivity index (χ3n) is 7.11. The molecule has 10 heteroatoms. The number of amides is 3. The van der Waals surface area contributed by atoms with E-state index < -0.39 is 29.1 Å². The summed E-state index contributed by atoms with van der Waals surface area (Å²) in [5, 5.41) is 8.02. The number of halogens is 1. The fourth-order valence-corrected chi connectivity index (χ4v) is 5.07. The average molecular weight is 556 g/mol. The van der Waals surface area contributed by atoms with Gasteiger partial charge in [-0.05, 0) is 56.3 Å². The van der Waals surface area contributed by atoms with Crippen molar-refractivity contribution in [2.75, 3.05) is 23.5 Å². The van der Waals surface area contributed by atoms with Crippen LogP contribution in [0.5, 0.6) is 0 Å². The van der Waals surface area contributed by atoms with Gasteiger partial charge in [0.15, 0.2) is 0 Å². The standard InChI is InChI=1S/C31H30FN5O4/c1-21(2)37(24-15-13-22(32)14-16-24)28(38)20-35-17-18-36(23-9-5-4-6-10-23)30(40)31(41-3,29(35)39)19-27-25-11-7-8-12-26(25)33-34-27/h4-18,21H,19-20H2,1-3H3,(H,33,34). The number of carbonyl (C=O) groups is 3. The molecule has 41 heavy (non-hydrogen) atoms. The third-order valence-corrected chi connectivity index (χ3v) is 7.11. The van der Waals surface area contributed by atoms with Crippen LogP contribution in [0.4, 0.5) is 15.8 Å². The van der Waals surface area contributed by atoms with Crippen LogP contribution >= 0.6 is 0 Å². The van der Waals surface area contributed by atoms with E-state index >= 15 is 0 Å². The van der Waals surface area contributed by atoms with E-state index in [0.717, 1.165) is 5.39 Å². The molecule has 0 saturated carbocycles. The van der Waals surface area contributed by atoms with E-state index in [1.807, 2.05) is 44.2 Å². The second-order valence-corrected chi connectivity index (χ2v) is 10.0. The number of H-pyrrole nitrogens is 1. The fraction of sp³-hybridized carbons (Fsp3) is 0.226. The molecule has 0 spiro atoms. The Morgan fingerprint density at radius 1 is 0.976 bits per heavy atom. The van der Waals surface area contributed by atoms with Crippen LogP contribution in [0.3, 0.4) is 0 Å². The molecule has 0 aliphatic carbocycles. The van der Waals surface area contributed by atoms with E-state index in [1.165, 1.54) is 58.5 Å². The maximum absolute atomic E-state index is 14.3. The van der Waals surface area contributed by atoms with Gasteiger partial charge in [0.2, 0.25) is 11.5 Å². The summed E-state index contributed by atoms with van der Waals surface area (Å²) in [6, 6.07) is 21.5. The first-order valence-corrected chi connectivity index (χ1v) is 13.2. The van der Waals surface area contributed by atoms with E-state index in [1.54, 1.807) is 24.3 Å². The van der Waals surface area contributed by atoms with Crippen molar-refractivity contribution in [2.24, 2.45) is 0 Å². The van der Waals surface area contributed by atoms with Crippen LogP contribution in [0.15, 0.2) is 91.3 Å². The molecule has 0 saturated heterocycles. The third kappa shape index (κ3) is 5.21. The Bertz CT molecular complexity index is 1600. The summed E-state index contributed by atoms with van der Waals surface area (Å²) in [7, 11) is 1.31. The van der Waals surface area contributed by atoms with E-state index in [9.17, 15) is 18.8 Å². The zero-order valence-electron chi connectivity index (χ0n) is 23.0. The van der Waals surface area contributed by atoms with Crippen LogP contribution in [-0.4, -0.2) is 58.1 Å². The van der Waals surface area contributed by atoms with Gasteiger partial charge in [-0.2, -0.15) is 5.10 Å². The predicted molar refractivity (Wildman–Crippen MR) is 153 cm³/mol. The number of hydrogen-bond donors (Lipinski definition) is 1. The maximum atomic E-state index is 14.3. The quantitative estimate of drug-likeness (QED) is 0.325. The summed E-state index contributed by atoms with van der Waals surface area (Å²) < 4.78 is 19.4. The second kappa shape index (κ2) is 11.3. The number of methoxy groups -OCH3 is 1. The smallest absolute Gasteiger partial charge is 0.273 e. The first-order chi connectivity index (χ1) is 19.7. The largest absolute Gasteiger partial charge is 0.359 e. The molecular weight excluding hydrogens is 525 g/mol. The number of nitrogens with zero attached hydrogens (tertiary/aromatic N) is 4. The lowest BCUT2D eigenvalue weighted by molar-refractivity contribution is -0.161. The molecule has 3 amide bonds. The molecule has 1 aliphatic heterocycles. The van der Waals surface area contributed by atoms with Crippen molar-refractivity contribution in [3.8, 4) is 0 Å². The normalized spacial score (nSPS) is 17.4. The number of fused-ring (bicyclic) bond motifs is 1. The van der Waals surface area contributed by atoms with Gasteiger partial charge in [-0.15, -0.1) is 0 Å². The Labute approximate surface area is 236 Å². The minimum atomic E-state index is -2.02. The van der Waals surface area contributed by atoms with Crippen molar-refractivity contribution in [3.63, 3.8) is 0 Å². The van der Waals surface area contributed by atoms with Crippen LogP contribution in [0, 0.1) is 5.82 Å². The molecule has 9 nitrogen and oxygen atoms in total. The van der Waals surface area contributed by atoms with Gasteiger partial charge >= 0.3 is 0 Å². The highest BCUT2D eigenvalue weighted by molar-refractivity contribution is 6.17. The van der Waals surface area contributed by atoms with Crippen LogP contribution < -0.4 is 9.80 Å². The van der Waals surface area contributed by atoms with E-state index in [0.29, 0.717) is 22.6 Å². The van der Waals surface area contributed by atoms with Crippen LogP contribution in [0.1, 0.15) is 19.5 Å². The first-order valence-electron chi connectivity index (χ1n) is 13.2. The monoisotopic (exact) mass is 555 g/mol. The summed E-state index contributed by atoms with van der Waals surface area (Å²) >= 11 is 0. The lowest BCUT2D eigenvalue weighted by Gasteiger charge is -2.34. The molecule has 0 fully saturated rings. The highest BCUT2D eigenvalue weighted by Crippen LogP contribution is 2.31.